The molecule has 1 aromatic carbocycles. The van der Waals surface area contributed by atoms with Gasteiger partial charge in [-0.2, -0.15) is 0 Å². The van der Waals surface area contributed by atoms with E-state index in [1.54, 1.807) is 24.0 Å². The predicted molar refractivity (Wildman–Crippen MR) is 91.3 cm³/mol. The van der Waals surface area contributed by atoms with Crippen LogP contribution < -0.4 is 24.3 Å². The highest BCUT2D eigenvalue weighted by Gasteiger charge is 2.24. The zero-order valence-corrected chi connectivity index (χ0v) is 14.6. The standard InChI is InChI=1S/C19H25N3O2/c1-23-18-6-5-17(19(12-18)24-2)15-22-10-8-21(9-11-22)14-16-4-3-7-20-13-16/h3-7,12-13H,8-11,14-15H2,1-2H3/p+3. The van der Waals surface area contributed by atoms with Crippen LogP contribution in [-0.2, 0) is 13.1 Å². The van der Waals surface area contributed by atoms with Crippen molar-refractivity contribution in [2.45, 2.75) is 13.1 Å². The van der Waals surface area contributed by atoms with Crippen LogP contribution in [0.15, 0.2) is 42.7 Å². The number of benzene rings is 1. The quantitative estimate of drug-likeness (QED) is 0.714. The molecule has 0 amide bonds. The predicted octanol–water partition coefficient (Wildman–Crippen LogP) is -0.998. The topological polar surface area (TPSA) is 41.5 Å². The molecule has 1 aliphatic heterocycles. The van der Waals surface area contributed by atoms with E-state index in [0.717, 1.165) is 24.6 Å². The van der Waals surface area contributed by atoms with E-state index in [9.17, 15) is 0 Å². The second-order valence-corrected chi connectivity index (χ2v) is 6.44. The molecule has 0 radical (unpaired) electrons. The van der Waals surface area contributed by atoms with Crippen molar-refractivity contribution in [1.82, 2.24) is 0 Å². The number of piperazine rings is 1. The maximum atomic E-state index is 5.53. The fourth-order valence-corrected chi connectivity index (χ4v) is 3.41. The number of aromatic nitrogens is 1. The molecule has 1 saturated heterocycles. The highest BCUT2D eigenvalue weighted by molar-refractivity contribution is 5.40. The molecule has 0 unspecified atom stereocenters. The fraction of sp³-hybridized carbons (Fsp3) is 0.421. The normalized spacial score (nSPS) is 20.6. The van der Waals surface area contributed by atoms with Gasteiger partial charge in [-0.15, -0.1) is 0 Å². The number of ether oxygens (including phenoxy) is 2. The van der Waals surface area contributed by atoms with Gasteiger partial charge >= 0.3 is 0 Å². The molecule has 2 heterocycles. The summed E-state index contributed by atoms with van der Waals surface area (Å²) in [6.07, 6.45) is 4.07. The van der Waals surface area contributed by atoms with Crippen molar-refractivity contribution >= 4 is 0 Å². The molecular weight excluding hydrogens is 302 g/mol. The summed E-state index contributed by atoms with van der Waals surface area (Å²) in [7, 11) is 3.42. The molecule has 0 bridgehead atoms. The van der Waals surface area contributed by atoms with Crippen molar-refractivity contribution in [3.63, 3.8) is 0 Å². The number of methoxy groups -OCH3 is 2. The summed E-state index contributed by atoms with van der Waals surface area (Å²) in [5.41, 5.74) is 2.64. The lowest BCUT2D eigenvalue weighted by Gasteiger charge is -2.29. The molecule has 5 heteroatoms. The van der Waals surface area contributed by atoms with Crippen molar-refractivity contribution in [2.75, 3.05) is 40.4 Å². The minimum atomic E-state index is 0.847. The van der Waals surface area contributed by atoms with Crippen molar-refractivity contribution < 1.29 is 24.3 Å². The first kappa shape index (κ1) is 16.7. The summed E-state index contributed by atoms with van der Waals surface area (Å²) in [6.45, 7) is 6.93. The average molecular weight is 330 g/mol. The van der Waals surface area contributed by atoms with E-state index in [1.807, 2.05) is 18.3 Å². The minimum Gasteiger partial charge on any atom is -0.497 e. The molecule has 0 saturated carbocycles. The van der Waals surface area contributed by atoms with Crippen LogP contribution in [0.1, 0.15) is 11.1 Å². The molecule has 5 nitrogen and oxygen atoms in total. The van der Waals surface area contributed by atoms with Crippen LogP contribution in [0.4, 0.5) is 0 Å². The van der Waals surface area contributed by atoms with Crippen molar-refractivity contribution in [3.05, 3.63) is 53.9 Å². The van der Waals surface area contributed by atoms with Crippen molar-refractivity contribution in [2.24, 2.45) is 0 Å². The van der Waals surface area contributed by atoms with E-state index < -0.39 is 0 Å². The number of aromatic amines is 1. The third-order valence-corrected chi connectivity index (χ3v) is 4.82. The summed E-state index contributed by atoms with van der Waals surface area (Å²) in [6, 6.07) is 10.4. The molecule has 3 rings (SSSR count). The number of hydrogen-bond acceptors (Lipinski definition) is 2. The Balaban J connectivity index is 1.54. The van der Waals surface area contributed by atoms with E-state index in [1.165, 1.54) is 37.3 Å². The molecule has 1 fully saturated rings. The maximum absolute atomic E-state index is 5.53. The first-order valence-corrected chi connectivity index (χ1v) is 8.61. The molecule has 3 N–H and O–H groups in total. The number of quaternary nitrogens is 2. The maximum Gasteiger partial charge on any atom is 0.175 e. The van der Waals surface area contributed by atoms with Gasteiger partial charge in [-0.05, 0) is 18.2 Å². The molecule has 2 aromatic rings. The van der Waals surface area contributed by atoms with Gasteiger partial charge in [-0.1, -0.05) is 0 Å². The Morgan fingerprint density at radius 2 is 1.71 bits per heavy atom. The van der Waals surface area contributed by atoms with Crippen LogP contribution in [-0.4, -0.2) is 40.4 Å². The highest BCUT2D eigenvalue weighted by atomic mass is 16.5. The van der Waals surface area contributed by atoms with Gasteiger partial charge < -0.3 is 19.3 Å². The second kappa shape index (κ2) is 8.13. The first-order chi connectivity index (χ1) is 11.8. The Bertz CT molecular complexity index is 640. The average Bonchev–Trinajstić information content (AvgIpc) is 2.64. The van der Waals surface area contributed by atoms with E-state index in [0.29, 0.717) is 0 Å². The summed E-state index contributed by atoms with van der Waals surface area (Å²) in [5, 5.41) is 0. The monoisotopic (exact) mass is 330 g/mol. The summed E-state index contributed by atoms with van der Waals surface area (Å²) < 4.78 is 10.8. The van der Waals surface area contributed by atoms with Gasteiger partial charge in [0.25, 0.3) is 0 Å². The molecule has 1 aromatic heterocycles. The zero-order chi connectivity index (χ0) is 16.8. The van der Waals surface area contributed by atoms with Crippen LogP contribution >= 0.6 is 0 Å². The fourth-order valence-electron chi connectivity index (χ4n) is 3.41. The number of rotatable bonds is 6. The van der Waals surface area contributed by atoms with Gasteiger partial charge in [0.2, 0.25) is 0 Å². The Labute approximate surface area is 143 Å². The first-order valence-electron chi connectivity index (χ1n) is 8.61. The van der Waals surface area contributed by atoms with Gasteiger partial charge in [0, 0.05) is 17.7 Å². The molecule has 24 heavy (non-hydrogen) atoms. The molecule has 0 aliphatic carbocycles. The minimum absolute atomic E-state index is 0.847. The van der Waals surface area contributed by atoms with E-state index in [2.05, 4.69) is 29.4 Å². The Kier molecular flexibility index (Phi) is 5.67. The molecule has 0 spiro atoms. The number of pyridine rings is 1. The SMILES string of the molecule is COc1ccc(C[NH+]2CC[NH+](Cc3ccc[nH+]c3)CC2)c(OC)c1. The lowest BCUT2D eigenvalue weighted by atomic mass is 10.1. The van der Waals surface area contributed by atoms with Gasteiger partial charge in [0.05, 0.1) is 19.8 Å². The summed E-state index contributed by atoms with van der Waals surface area (Å²) in [5.74, 6) is 1.77. The van der Waals surface area contributed by atoms with Gasteiger partial charge in [0.1, 0.15) is 50.8 Å². The highest BCUT2D eigenvalue weighted by Crippen LogP contribution is 2.23. The molecule has 128 valence electrons. The lowest BCUT2D eigenvalue weighted by Crippen LogP contribution is -3.27. The summed E-state index contributed by atoms with van der Waals surface area (Å²) >= 11 is 0. The van der Waals surface area contributed by atoms with Gasteiger partial charge in [0.15, 0.2) is 12.4 Å². The van der Waals surface area contributed by atoms with Crippen molar-refractivity contribution in [3.8, 4) is 11.5 Å². The van der Waals surface area contributed by atoms with E-state index in [-0.39, 0.29) is 0 Å². The third-order valence-electron chi connectivity index (χ3n) is 4.82. The number of hydrogen-bond donors (Lipinski definition) is 2. The smallest absolute Gasteiger partial charge is 0.175 e. The van der Waals surface area contributed by atoms with Gasteiger partial charge in [-0.25, -0.2) is 4.98 Å². The second-order valence-electron chi connectivity index (χ2n) is 6.44. The van der Waals surface area contributed by atoms with Crippen LogP contribution in [0.3, 0.4) is 0 Å². The Hall–Kier alpha value is -2.11. The van der Waals surface area contributed by atoms with E-state index in [4.69, 9.17) is 9.47 Å². The van der Waals surface area contributed by atoms with Crippen LogP contribution in [0, 0.1) is 0 Å². The number of H-pyrrole nitrogens is 1. The molecule has 0 atom stereocenters. The molecular formula is C19H28N3O2+3. The van der Waals surface area contributed by atoms with Crippen LogP contribution in [0.2, 0.25) is 0 Å². The number of nitrogens with one attached hydrogen (secondary N) is 3. The third kappa shape index (κ3) is 4.24. The zero-order valence-electron chi connectivity index (χ0n) is 14.6. The van der Waals surface area contributed by atoms with Crippen LogP contribution in [0.25, 0.3) is 0 Å². The molecule has 1 aliphatic rings. The Morgan fingerprint density at radius 3 is 2.33 bits per heavy atom. The Morgan fingerprint density at radius 1 is 0.958 bits per heavy atom. The van der Waals surface area contributed by atoms with Crippen LogP contribution in [0.5, 0.6) is 11.5 Å². The summed E-state index contributed by atoms with van der Waals surface area (Å²) in [4.78, 5) is 6.46. The van der Waals surface area contributed by atoms with Crippen molar-refractivity contribution in [1.29, 1.82) is 0 Å². The largest absolute Gasteiger partial charge is 0.497 e. The van der Waals surface area contributed by atoms with E-state index >= 15 is 0 Å². The lowest BCUT2D eigenvalue weighted by molar-refractivity contribution is -1.02. The van der Waals surface area contributed by atoms with Gasteiger partial charge in [-0.3, -0.25) is 0 Å².